The first-order chi connectivity index (χ1) is 11.8. The minimum atomic E-state index is -3.53. The average Bonchev–Trinajstić information content (AvgIpc) is 3.05. The third kappa shape index (κ3) is 5.16. The molecule has 0 radical (unpaired) electrons. The molecule has 1 unspecified atom stereocenters. The predicted octanol–water partition coefficient (Wildman–Crippen LogP) is 0.873. The van der Waals surface area contributed by atoms with Crippen molar-refractivity contribution >= 4 is 19.9 Å². The molecule has 1 aliphatic heterocycles. The van der Waals surface area contributed by atoms with Crippen LogP contribution in [0.1, 0.15) is 19.8 Å². The molecule has 1 heterocycles. The summed E-state index contributed by atoms with van der Waals surface area (Å²) >= 11 is 0. The molecule has 0 saturated carbocycles. The second kappa shape index (κ2) is 8.48. The number of nitrogens with zero attached hydrogens (tertiary/aromatic N) is 1. The van der Waals surface area contributed by atoms with Gasteiger partial charge in [-0.1, -0.05) is 6.92 Å². The van der Waals surface area contributed by atoms with Gasteiger partial charge in [0.2, 0.25) is 10.0 Å². The molecule has 0 amide bonds. The average molecular weight is 391 g/mol. The van der Waals surface area contributed by atoms with Crippen molar-refractivity contribution in [3.8, 4) is 5.75 Å². The number of ether oxygens (including phenoxy) is 1. The molecule has 7 nitrogen and oxygen atoms in total. The van der Waals surface area contributed by atoms with Gasteiger partial charge in [0, 0.05) is 24.9 Å². The van der Waals surface area contributed by atoms with Gasteiger partial charge in [-0.3, -0.25) is 0 Å². The maximum atomic E-state index is 12.8. The molecule has 0 bridgehead atoms. The van der Waals surface area contributed by atoms with Crippen LogP contribution < -0.4 is 10.1 Å². The molecule has 1 saturated heterocycles. The third-order valence-corrected chi connectivity index (χ3v) is 7.93. The van der Waals surface area contributed by atoms with Crippen molar-refractivity contribution in [3.63, 3.8) is 0 Å². The van der Waals surface area contributed by atoms with E-state index in [1.165, 1.54) is 12.1 Å². The van der Waals surface area contributed by atoms with Crippen molar-refractivity contribution in [2.75, 3.05) is 38.2 Å². The molecule has 1 aromatic rings. The van der Waals surface area contributed by atoms with E-state index in [1.54, 1.807) is 23.4 Å². The van der Waals surface area contributed by atoms with Crippen LogP contribution >= 0.6 is 0 Å². The fraction of sp³-hybridized carbons (Fsp3) is 0.625. The van der Waals surface area contributed by atoms with Gasteiger partial charge in [-0.25, -0.2) is 16.8 Å². The molecule has 142 valence electrons. The lowest BCUT2D eigenvalue weighted by Crippen LogP contribution is -2.40. The fourth-order valence-electron chi connectivity index (χ4n) is 2.84. The monoisotopic (exact) mass is 390 g/mol. The van der Waals surface area contributed by atoms with Crippen LogP contribution in [0.2, 0.25) is 0 Å². The Morgan fingerprint density at radius 2 is 1.88 bits per heavy atom. The van der Waals surface area contributed by atoms with E-state index in [0.29, 0.717) is 18.8 Å². The molecule has 9 heteroatoms. The van der Waals surface area contributed by atoms with Crippen LogP contribution in [0.4, 0.5) is 0 Å². The Morgan fingerprint density at radius 1 is 1.20 bits per heavy atom. The van der Waals surface area contributed by atoms with Crippen molar-refractivity contribution in [2.45, 2.75) is 30.7 Å². The minimum Gasteiger partial charge on any atom is -0.493 e. The summed E-state index contributed by atoms with van der Waals surface area (Å²) in [5.41, 5.74) is 0. The van der Waals surface area contributed by atoms with Gasteiger partial charge in [-0.05, 0) is 44.2 Å². The molecule has 25 heavy (non-hydrogen) atoms. The van der Waals surface area contributed by atoms with Gasteiger partial charge < -0.3 is 10.1 Å². The molecule has 1 fully saturated rings. The fourth-order valence-corrected chi connectivity index (χ4v) is 5.16. The van der Waals surface area contributed by atoms with Crippen molar-refractivity contribution in [1.29, 1.82) is 0 Å². The van der Waals surface area contributed by atoms with Gasteiger partial charge in [0.15, 0.2) is 9.84 Å². The van der Waals surface area contributed by atoms with Crippen LogP contribution in [0.5, 0.6) is 5.75 Å². The van der Waals surface area contributed by atoms with Crippen LogP contribution in [-0.2, 0) is 19.9 Å². The lowest BCUT2D eigenvalue weighted by atomic mass is 10.2. The maximum absolute atomic E-state index is 12.8. The van der Waals surface area contributed by atoms with Crippen LogP contribution in [0.25, 0.3) is 0 Å². The van der Waals surface area contributed by atoms with E-state index in [9.17, 15) is 16.8 Å². The van der Waals surface area contributed by atoms with Gasteiger partial charge in [0.1, 0.15) is 12.4 Å². The van der Waals surface area contributed by atoms with Gasteiger partial charge in [0.25, 0.3) is 0 Å². The summed E-state index contributed by atoms with van der Waals surface area (Å²) in [4.78, 5) is 0.226. The Morgan fingerprint density at radius 3 is 2.48 bits per heavy atom. The first-order valence-electron chi connectivity index (χ1n) is 8.40. The van der Waals surface area contributed by atoms with E-state index in [-0.39, 0.29) is 29.0 Å². The first kappa shape index (κ1) is 20.2. The Labute approximate surface area is 150 Å². The molecule has 1 aromatic carbocycles. The van der Waals surface area contributed by atoms with Crippen LogP contribution in [0.15, 0.2) is 29.2 Å². The van der Waals surface area contributed by atoms with E-state index in [1.807, 2.05) is 7.05 Å². The highest BCUT2D eigenvalue weighted by Gasteiger charge is 2.34. The number of hydrogen-bond acceptors (Lipinski definition) is 6. The summed E-state index contributed by atoms with van der Waals surface area (Å²) in [6, 6.07) is 6.12. The smallest absolute Gasteiger partial charge is 0.243 e. The second-order valence-corrected chi connectivity index (χ2v) is 10.4. The molecule has 0 aromatic heterocycles. The Hall–Kier alpha value is -1.16. The van der Waals surface area contributed by atoms with Gasteiger partial charge in [-0.2, -0.15) is 4.31 Å². The summed E-state index contributed by atoms with van der Waals surface area (Å²) in [5.74, 6) is 0.485. The van der Waals surface area contributed by atoms with Crippen molar-refractivity contribution in [2.24, 2.45) is 0 Å². The second-order valence-electron chi connectivity index (χ2n) is 6.03. The standard InChI is InChI=1S/C16H26N2O5S2/c1-3-24(19,20)12-11-23-15-6-8-16(9-7-15)25(21,22)18-10-4-5-14(18)13-17-2/h6-9,14,17H,3-5,10-13H2,1-2H3. The summed E-state index contributed by atoms with van der Waals surface area (Å²) in [5, 5.41) is 3.04. The molecule has 2 rings (SSSR count). The first-order valence-corrected chi connectivity index (χ1v) is 11.7. The van der Waals surface area contributed by atoms with Crippen molar-refractivity contribution in [1.82, 2.24) is 9.62 Å². The molecule has 0 aliphatic carbocycles. The highest BCUT2D eigenvalue weighted by Crippen LogP contribution is 2.26. The highest BCUT2D eigenvalue weighted by atomic mass is 32.2. The Kier molecular flexibility index (Phi) is 6.84. The zero-order valence-electron chi connectivity index (χ0n) is 14.6. The quantitative estimate of drug-likeness (QED) is 0.673. The lowest BCUT2D eigenvalue weighted by Gasteiger charge is -2.24. The molecule has 1 atom stereocenters. The SMILES string of the molecule is CCS(=O)(=O)CCOc1ccc(S(=O)(=O)N2CCCC2CNC)cc1. The topological polar surface area (TPSA) is 92.8 Å². The zero-order chi connectivity index (χ0) is 18.5. The van der Waals surface area contributed by atoms with E-state index < -0.39 is 19.9 Å². The summed E-state index contributed by atoms with van der Waals surface area (Å²) in [7, 11) is -4.80. The minimum absolute atomic E-state index is 0.0230. The molecule has 1 N–H and O–H groups in total. The summed E-state index contributed by atoms with van der Waals surface area (Å²) in [6.07, 6.45) is 1.71. The predicted molar refractivity (Wildman–Crippen MR) is 97.1 cm³/mol. The van der Waals surface area contributed by atoms with Crippen LogP contribution in [-0.4, -0.2) is 65.4 Å². The molecular weight excluding hydrogens is 364 g/mol. The zero-order valence-corrected chi connectivity index (χ0v) is 16.3. The van der Waals surface area contributed by atoms with Gasteiger partial charge >= 0.3 is 0 Å². The van der Waals surface area contributed by atoms with E-state index in [0.717, 1.165) is 12.8 Å². The summed E-state index contributed by atoms with van der Waals surface area (Å²) < 4.78 is 55.4. The third-order valence-electron chi connectivity index (χ3n) is 4.30. The van der Waals surface area contributed by atoms with E-state index >= 15 is 0 Å². The van der Waals surface area contributed by atoms with Gasteiger partial charge in [0.05, 0.1) is 10.6 Å². The number of benzene rings is 1. The number of sulfone groups is 1. The van der Waals surface area contributed by atoms with Gasteiger partial charge in [-0.15, -0.1) is 0 Å². The van der Waals surface area contributed by atoms with E-state index in [2.05, 4.69) is 5.32 Å². The van der Waals surface area contributed by atoms with E-state index in [4.69, 9.17) is 4.74 Å². The number of rotatable bonds is 9. The number of sulfonamides is 1. The molecule has 0 spiro atoms. The normalized spacial score (nSPS) is 19.2. The Balaban J connectivity index is 2.03. The maximum Gasteiger partial charge on any atom is 0.243 e. The Bertz CT molecular complexity index is 760. The van der Waals surface area contributed by atoms with Crippen molar-refractivity contribution in [3.05, 3.63) is 24.3 Å². The van der Waals surface area contributed by atoms with Crippen LogP contribution in [0.3, 0.4) is 0 Å². The molecular formula is C16H26N2O5S2. The number of hydrogen-bond donors (Lipinski definition) is 1. The number of nitrogens with one attached hydrogen (secondary N) is 1. The molecule has 1 aliphatic rings. The largest absolute Gasteiger partial charge is 0.493 e. The lowest BCUT2D eigenvalue weighted by molar-refractivity contribution is 0.340. The highest BCUT2D eigenvalue weighted by molar-refractivity contribution is 7.91. The van der Waals surface area contributed by atoms with Crippen molar-refractivity contribution < 1.29 is 21.6 Å². The van der Waals surface area contributed by atoms with Crippen LogP contribution in [0, 0.1) is 0 Å². The number of likely N-dealkylation sites (N-methyl/N-ethyl adjacent to an activating group) is 1. The summed E-state index contributed by atoms with van der Waals surface area (Å²) in [6.45, 7) is 2.81.